The van der Waals surface area contributed by atoms with Gasteiger partial charge >= 0.3 is 0 Å². The SMILES string of the molecule is COc1ccc(-c2nn(-c3ccccc3)c3ncnc(N)c23)cc1. The van der Waals surface area contributed by atoms with Crippen molar-refractivity contribution < 1.29 is 4.74 Å². The summed E-state index contributed by atoms with van der Waals surface area (Å²) in [7, 11) is 1.64. The number of hydrogen-bond acceptors (Lipinski definition) is 5. The molecule has 118 valence electrons. The number of anilines is 1. The standard InChI is InChI=1S/C18H15N5O/c1-24-14-9-7-12(8-10-14)16-15-17(19)20-11-21-18(15)23(22-16)13-5-3-2-4-6-13/h2-11H,1H3,(H2,19,20,21). The van der Waals surface area contributed by atoms with E-state index < -0.39 is 0 Å². The van der Waals surface area contributed by atoms with Gasteiger partial charge < -0.3 is 10.5 Å². The molecule has 0 radical (unpaired) electrons. The van der Waals surface area contributed by atoms with Crippen molar-refractivity contribution in [1.29, 1.82) is 0 Å². The second-order valence-electron chi connectivity index (χ2n) is 5.28. The number of nitrogens with zero attached hydrogens (tertiary/aromatic N) is 4. The van der Waals surface area contributed by atoms with E-state index in [2.05, 4.69) is 9.97 Å². The molecule has 24 heavy (non-hydrogen) atoms. The molecule has 0 atom stereocenters. The second-order valence-corrected chi connectivity index (χ2v) is 5.28. The van der Waals surface area contributed by atoms with Gasteiger partial charge in [0.05, 0.1) is 18.2 Å². The van der Waals surface area contributed by atoms with Crippen LogP contribution in [0, 0.1) is 0 Å². The third-order valence-corrected chi connectivity index (χ3v) is 3.86. The van der Waals surface area contributed by atoms with Crippen LogP contribution in [0.1, 0.15) is 0 Å². The van der Waals surface area contributed by atoms with Crippen LogP contribution in [-0.4, -0.2) is 26.9 Å². The number of aromatic nitrogens is 4. The molecule has 0 aliphatic heterocycles. The highest BCUT2D eigenvalue weighted by molar-refractivity contribution is 5.98. The van der Waals surface area contributed by atoms with Crippen molar-refractivity contribution in [2.24, 2.45) is 0 Å². The first-order valence-corrected chi connectivity index (χ1v) is 7.47. The molecule has 0 saturated heterocycles. The molecule has 0 saturated carbocycles. The topological polar surface area (TPSA) is 78.8 Å². The predicted molar refractivity (Wildman–Crippen MR) is 93.1 cm³/mol. The zero-order valence-corrected chi connectivity index (χ0v) is 13.0. The molecule has 0 aliphatic carbocycles. The molecule has 0 aliphatic rings. The first-order valence-electron chi connectivity index (χ1n) is 7.47. The monoisotopic (exact) mass is 317 g/mol. The molecule has 2 aromatic heterocycles. The van der Waals surface area contributed by atoms with Crippen LogP contribution in [0.15, 0.2) is 60.9 Å². The predicted octanol–water partition coefficient (Wildman–Crippen LogP) is 3.07. The van der Waals surface area contributed by atoms with Gasteiger partial charge in [-0.3, -0.25) is 0 Å². The van der Waals surface area contributed by atoms with Crippen LogP contribution in [-0.2, 0) is 0 Å². The van der Waals surface area contributed by atoms with Crippen LogP contribution >= 0.6 is 0 Å². The van der Waals surface area contributed by atoms with E-state index in [1.807, 2.05) is 54.6 Å². The van der Waals surface area contributed by atoms with Crippen molar-refractivity contribution in [1.82, 2.24) is 19.7 Å². The number of hydrogen-bond donors (Lipinski definition) is 1. The normalized spacial score (nSPS) is 10.9. The van der Waals surface area contributed by atoms with E-state index in [1.54, 1.807) is 11.8 Å². The fraction of sp³-hybridized carbons (Fsp3) is 0.0556. The van der Waals surface area contributed by atoms with Crippen molar-refractivity contribution in [2.75, 3.05) is 12.8 Å². The van der Waals surface area contributed by atoms with Crippen molar-refractivity contribution in [3.63, 3.8) is 0 Å². The lowest BCUT2D eigenvalue weighted by atomic mass is 10.1. The highest BCUT2D eigenvalue weighted by Crippen LogP contribution is 2.32. The smallest absolute Gasteiger partial charge is 0.169 e. The summed E-state index contributed by atoms with van der Waals surface area (Å²) < 4.78 is 7.00. The number of benzene rings is 2. The Morgan fingerprint density at radius 2 is 1.71 bits per heavy atom. The number of methoxy groups -OCH3 is 1. The van der Waals surface area contributed by atoms with E-state index >= 15 is 0 Å². The summed E-state index contributed by atoms with van der Waals surface area (Å²) in [5.41, 5.74) is 9.38. The Morgan fingerprint density at radius 3 is 2.42 bits per heavy atom. The highest BCUT2D eigenvalue weighted by atomic mass is 16.5. The zero-order valence-electron chi connectivity index (χ0n) is 13.0. The van der Waals surface area contributed by atoms with Gasteiger partial charge in [0.15, 0.2) is 5.65 Å². The zero-order chi connectivity index (χ0) is 16.5. The molecule has 2 N–H and O–H groups in total. The summed E-state index contributed by atoms with van der Waals surface area (Å²) in [6.07, 6.45) is 1.45. The minimum Gasteiger partial charge on any atom is -0.497 e. The van der Waals surface area contributed by atoms with Crippen LogP contribution in [0.3, 0.4) is 0 Å². The van der Waals surface area contributed by atoms with Crippen LogP contribution in [0.5, 0.6) is 5.75 Å². The summed E-state index contributed by atoms with van der Waals surface area (Å²) in [6, 6.07) is 17.5. The molecule has 0 spiro atoms. The number of nitrogen functional groups attached to an aromatic ring is 1. The van der Waals surface area contributed by atoms with Crippen molar-refractivity contribution in [2.45, 2.75) is 0 Å². The maximum atomic E-state index is 6.11. The largest absolute Gasteiger partial charge is 0.497 e. The summed E-state index contributed by atoms with van der Waals surface area (Å²) in [6.45, 7) is 0. The lowest BCUT2D eigenvalue weighted by Crippen LogP contribution is -1.98. The van der Waals surface area contributed by atoms with Crippen molar-refractivity contribution in [3.05, 3.63) is 60.9 Å². The third kappa shape index (κ3) is 2.25. The lowest BCUT2D eigenvalue weighted by molar-refractivity contribution is 0.415. The van der Waals surface area contributed by atoms with Crippen molar-refractivity contribution >= 4 is 16.9 Å². The molecular weight excluding hydrogens is 302 g/mol. The number of rotatable bonds is 3. The number of para-hydroxylation sites is 1. The van der Waals surface area contributed by atoms with Gasteiger partial charge in [-0.25, -0.2) is 14.6 Å². The maximum absolute atomic E-state index is 6.11. The van der Waals surface area contributed by atoms with Crippen LogP contribution in [0.4, 0.5) is 5.82 Å². The van der Waals surface area contributed by atoms with E-state index in [0.29, 0.717) is 11.5 Å². The minimum atomic E-state index is 0.410. The number of fused-ring (bicyclic) bond motifs is 1. The summed E-state index contributed by atoms with van der Waals surface area (Å²) in [4.78, 5) is 8.51. The molecule has 0 fully saturated rings. The fourth-order valence-corrected chi connectivity index (χ4v) is 2.67. The van der Waals surface area contributed by atoms with E-state index in [4.69, 9.17) is 15.6 Å². The summed E-state index contributed by atoms with van der Waals surface area (Å²) >= 11 is 0. The van der Waals surface area contributed by atoms with E-state index in [1.165, 1.54) is 6.33 Å². The van der Waals surface area contributed by atoms with E-state index in [-0.39, 0.29) is 0 Å². The minimum absolute atomic E-state index is 0.410. The van der Waals surface area contributed by atoms with Gasteiger partial charge in [0.2, 0.25) is 0 Å². The van der Waals surface area contributed by atoms with Gasteiger partial charge in [-0.1, -0.05) is 18.2 Å². The van der Waals surface area contributed by atoms with Gasteiger partial charge in [0.1, 0.15) is 23.6 Å². The lowest BCUT2D eigenvalue weighted by Gasteiger charge is -2.02. The number of nitrogens with two attached hydrogens (primary N) is 1. The van der Waals surface area contributed by atoms with Gasteiger partial charge in [0.25, 0.3) is 0 Å². The average molecular weight is 317 g/mol. The first kappa shape index (κ1) is 14.2. The Hall–Kier alpha value is -3.41. The Bertz CT molecular complexity index is 993. The van der Waals surface area contributed by atoms with Crippen molar-refractivity contribution in [3.8, 4) is 22.7 Å². The number of ether oxygens (including phenoxy) is 1. The molecule has 6 heteroatoms. The Kier molecular flexibility index (Phi) is 3.35. The molecule has 0 amide bonds. The molecular formula is C18H15N5O. The molecule has 2 aromatic carbocycles. The highest BCUT2D eigenvalue weighted by Gasteiger charge is 2.17. The Labute approximate surface area is 138 Å². The molecule has 4 aromatic rings. The Balaban J connectivity index is 1.98. The summed E-state index contributed by atoms with van der Waals surface area (Å²) in [5.74, 6) is 1.20. The third-order valence-electron chi connectivity index (χ3n) is 3.86. The molecule has 0 bridgehead atoms. The van der Waals surface area contributed by atoms with Crippen LogP contribution in [0.25, 0.3) is 28.0 Å². The molecule has 4 rings (SSSR count). The van der Waals surface area contributed by atoms with Gasteiger partial charge in [-0.2, -0.15) is 5.10 Å². The van der Waals surface area contributed by atoms with E-state index in [9.17, 15) is 0 Å². The molecule has 0 unspecified atom stereocenters. The summed E-state index contributed by atoms with van der Waals surface area (Å²) in [5, 5.41) is 5.48. The maximum Gasteiger partial charge on any atom is 0.169 e. The van der Waals surface area contributed by atoms with E-state index in [0.717, 1.165) is 28.1 Å². The molecule has 2 heterocycles. The van der Waals surface area contributed by atoms with Gasteiger partial charge in [-0.15, -0.1) is 0 Å². The van der Waals surface area contributed by atoms with Crippen LogP contribution in [0.2, 0.25) is 0 Å². The Morgan fingerprint density at radius 1 is 0.958 bits per heavy atom. The van der Waals surface area contributed by atoms with Gasteiger partial charge in [-0.05, 0) is 36.4 Å². The first-order chi connectivity index (χ1) is 11.8. The second kappa shape index (κ2) is 5.66. The quantitative estimate of drug-likeness (QED) is 0.628. The average Bonchev–Trinajstić information content (AvgIpc) is 3.04. The van der Waals surface area contributed by atoms with Gasteiger partial charge in [0, 0.05) is 5.56 Å². The fourth-order valence-electron chi connectivity index (χ4n) is 2.67. The van der Waals surface area contributed by atoms with Crippen LogP contribution < -0.4 is 10.5 Å². The molecule has 6 nitrogen and oxygen atoms in total.